The van der Waals surface area contributed by atoms with Gasteiger partial charge in [0, 0.05) is 31.4 Å². The van der Waals surface area contributed by atoms with E-state index in [9.17, 15) is 36.6 Å². The summed E-state index contributed by atoms with van der Waals surface area (Å²) < 4.78 is 57.0. The number of benzene rings is 2. The van der Waals surface area contributed by atoms with E-state index in [4.69, 9.17) is 0 Å². The lowest BCUT2D eigenvalue weighted by atomic mass is 10.0. The molecule has 2 aromatic rings. The Morgan fingerprint density at radius 2 is 1.73 bits per heavy atom. The number of hydrogen-bond acceptors (Lipinski definition) is 11. The first-order chi connectivity index (χ1) is 19.3. The summed E-state index contributed by atoms with van der Waals surface area (Å²) in [5.74, 6) is -1.09. The van der Waals surface area contributed by atoms with Gasteiger partial charge in [-0.15, -0.1) is 0 Å². The third-order valence-electron chi connectivity index (χ3n) is 6.25. The molecule has 2 amide bonds. The summed E-state index contributed by atoms with van der Waals surface area (Å²) in [6, 6.07) is 10.6. The van der Waals surface area contributed by atoms with E-state index >= 15 is 0 Å². The molecular formula is C25H35N5O9S2. The zero-order valence-corrected chi connectivity index (χ0v) is 24.3. The van der Waals surface area contributed by atoms with Crippen LogP contribution in [0.15, 0.2) is 47.4 Å². The highest BCUT2D eigenvalue weighted by atomic mass is 32.2. The number of nitrogens with zero attached hydrogens (tertiary/aromatic N) is 1. The Bertz CT molecular complexity index is 1430. The highest BCUT2D eigenvalue weighted by molar-refractivity contribution is 7.92. The van der Waals surface area contributed by atoms with Crippen LogP contribution in [0, 0.1) is 0 Å². The number of ether oxygens (including phenoxy) is 1. The molecule has 1 fully saturated rings. The molecule has 0 aromatic heterocycles. The molecule has 1 saturated heterocycles. The summed E-state index contributed by atoms with van der Waals surface area (Å²) in [4.78, 5) is 25.1. The third kappa shape index (κ3) is 9.86. The number of alkyl carbamates (subject to hydrolysis) is 1. The fraction of sp³-hybridized carbons (Fsp3) is 0.440. The maximum absolute atomic E-state index is 12.5. The van der Waals surface area contributed by atoms with Crippen molar-refractivity contribution in [2.45, 2.75) is 36.8 Å². The van der Waals surface area contributed by atoms with Crippen LogP contribution in [0.25, 0.3) is 0 Å². The molecule has 0 bridgehead atoms. The molecule has 41 heavy (non-hydrogen) atoms. The summed E-state index contributed by atoms with van der Waals surface area (Å²) in [5, 5.41) is 25.7. The number of aliphatic hydroxyl groups is 1. The van der Waals surface area contributed by atoms with Gasteiger partial charge in [-0.1, -0.05) is 6.07 Å². The van der Waals surface area contributed by atoms with Crippen LogP contribution in [0.4, 0.5) is 16.2 Å². The quantitative estimate of drug-likeness (QED) is 0.183. The van der Waals surface area contributed by atoms with E-state index in [1.807, 2.05) is 5.32 Å². The molecular weight excluding hydrogens is 578 g/mol. The fourth-order valence-electron chi connectivity index (χ4n) is 4.19. The van der Waals surface area contributed by atoms with Gasteiger partial charge in [-0.2, -0.15) is 0 Å². The number of carbonyl (C=O) groups is 2. The van der Waals surface area contributed by atoms with Crippen LogP contribution in [0.1, 0.15) is 31.4 Å². The minimum absolute atomic E-state index is 0.00791. The minimum atomic E-state index is -3.98. The number of piperidine rings is 1. The third-order valence-corrected chi connectivity index (χ3v) is 8.26. The largest absolute Gasteiger partial charge is 0.506 e. The lowest BCUT2D eigenvalue weighted by Crippen LogP contribution is -2.43. The number of rotatable bonds is 12. The second kappa shape index (κ2) is 14.0. The number of amides is 2. The number of aliphatic hydroxyl groups excluding tert-OH is 1. The summed E-state index contributed by atoms with van der Waals surface area (Å²) in [5.41, 5.74) is 1.27. The van der Waals surface area contributed by atoms with Crippen molar-refractivity contribution in [1.29, 1.82) is 0 Å². The predicted molar refractivity (Wildman–Crippen MR) is 152 cm³/mol. The van der Waals surface area contributed by atoms with Crippen LogP contribution in [-0.2, 0) is 29.6 Å². The number of anilines is 2. The number of imide groups is 1. The molecule has 3 rings (SSSR count). The van der Waals surface area contributed by atoms with E-state index in [1.165, 1.54) is 30.3 Å². The first-order valence-corrected chi connectivity index (χ1v) is 16.2. The van der Waals surface area contributed by atoms with Crippen molar-refractivity contribution in [3.05, 3.63) is 48.0 Å². The number of hydrogen-bond donors (Lipinski definition) is 6. The molecule has 16 heteroatoms. The number of nitrogens with one attached hydrogen (secondary N) is 4. The van der Waals surface area contributed by atoms with Gasteiger partial charge in [-0.05, 0) is 61.7 Å². The van der Waals surface area contributed by atoms with E-state index in [0.29, 0.717) is 18.7 Å². The Hall–Kier alpha value is -3.44. The number of phenolic OH excluding ortho intramolecular Hbond substituents is 1. The number of phenols is 1. The molecule has 1 aliphatic rings. The van der Waals surface area contributed by atoms with Crippen LogP contribution < -0.4 is 25.0 Å². The molecule has 226 valence electrons. The summed E-state index contributed by atoms with van der Waals surface area (Å²) in [7, 11) is -7.57. The highest BCUT2D eigenvalue weighted by Crippen LogP contribution is 2.28. The maximum atomic E-state index is 12.5. The standard InChI is InChI=1S/C25H35N5O9S2/c1-3-39-25(34)28-24(33)16-27-41(37,38)20-7-5-19(6-8-20)30-12-10-18(11-13-30)26-15-23(32)17-4-9-22(31)21(14-17)29-40(2,35)36/h4-9,14,18,23,26-27,29,31-32H,3,10-13,15-16H2,1-2H3,(H,28,33,34)/t23-/m0/s1. The van der Waals surface area contributed by atoms with Gasteiger partial charge in [0.05, 0.1) is 36.1 Å². The fourth-order valence-corrected chi connectivity index (χ4v) is 5.73. The van der Waals surface area contributed by atoms with Gasteiger partial charge >= 0.3 is 6.09 Å². The molecule has 6 N–H and O–H groups in total. The van der Waals surface area contributed by atoms with Crippen LogP contribution in [0.5, 0.6) is 5.75 Å². The topological polar surface area (TPSA) is 203 Å². The first-order valence-electron chi connectivity index (χ1n) is 12.8. The monoisotopic (exact) mass is 613 g/mol. The number of aromatic hydroxyl groups is 1. The Labute approximate surface area is 239 Å². The lowest BCUT2D eigenvalue weighted by Gasteiger charge is -2.34. The van der Waals surface area contributed by atoms with Crippen LogP contribution in [-0.4, -0.2) is 84.1 Å². The Morgan fingerprint density at radius 1 is 1.07 bits per heavy atom. The average molecular weight is 614 g/mol. The maximum Gasteiger partial charge on any atom is 0.413 e. The summed E-state index contributed by atoms with van der Waals surface area (Å²) in [6.07, 6.45) is 0.622. The molecule has 0 spiro atoms. The lowest BCUT2D eigenvalue weighted by molar-refractivity contribution is -0.119. The van der Waals surface area contributed by atoms with E-state index in [0.717, 1.165) is 24.8 Å². The second-order valence-electron chi connectivity index (χ2n) is 9.42. The smallest absolute Gasteiger partial charge is 0.413 e. The van der Waals surface area contributed by atoms with Gasteiger partial charge in [0.1, 0.15) is 5.75 Å². The van der Waals surface area contributed by atoms with E-state index in [1.54, 1.807) is 19.1 Å². The zero-order chi connectivity index (χ0) is 30.2. The molecule has 14 nitrogen and oxygen atoms in total. The SMILES string of the molecule is CCOC(=O)NC(=O)CNS(=O)(=O)c1ccc(N2CCC(NC[C@H](O)c3ccc(O)c(NS(C)(=O)=O)c3)CC2)cc1. The second-order valence-corrected chi connectivity index (χ2v) is 12.9. The summed E-state index contributed by atoms with van der Waals surface area (Å²) >= 11 is 0. The molecule has 1 atom stereocenters. The van der Waals surface area contributed by atoms with Crippen molar-refractivity contribution >= 4 is 43.4 Å². The van der Waals surface area contributed by atoms with Crippen LogP contribution in [0.3, 0.4) is 0 Å². The van der Waals surface area contributed by atoms with Gasteiger partial charge < -0.3 is 25.2 Å². The van der Waals surface area contributed by atoms with Crippen LogP contribution in [0.2, 0.25) is 0 Å². The normalized spacial score (nSPS) is 15.2. The molecule has 2 aromatic carbocycles. The summed E-state index contributed by atoms with van der Waals surface area (Å²) in [6.45, 7) is 2.63. The van der Waals surface area contributed by atoms with Gasteiger partial charge in [-0.25, -0.2) is 26.4 Å². The van der Waals surface area contributed by atoms with Crippen molar-refractivity contribution in [2.24, 2.45) is 0 Å². The molecule has 1 aliphatic heterocycles. The molecule has 0 aliphatic carbocycles. The molecule has 0 radical (unpaired) electrons. The van der Waals surface area contributed by atoms with Crippen molar-refractivity contribution < 1.29 is 41.4 Å². The van der Waals surface area contributed by atoms with Crippen molar-refractivity contribution in [3.8, 4) is 5.75 Å². The zero-order valence-electron chi connectivity index (χ0n) is 22.7. The van der Waals surface area contributed by atoms with E-state index in [-0.39, 0.29) is 35.5 Å². The van der Waals surface area contributed by atoms with Gasteiger partial charge in [0.25, 0.3) is 0 Å². The highest BCUT2D eigenvalue weighted by Gasteiger charge is 2.22. The van der Waals surface area contributed by atoms with Gasteiger partial charge in [-0.3, -0.25) is 14.8 Å². The van der Waals surface area contributed by atoms with Gasteiger partial charge in [0.15, 0.2) is 0 Å². The minimum Gasteiger partial charge on any atom is -0.506 e. The average Bonchev–Trinajstić information content (AvgIpc) is 2.91. The molecule has 0 saturated carbocycles. The van der Waals surface area contributed by atoms with E-state index in [2.05, 4.69) is 24.4 Å². The number of carbonyl (C=O) groups excluding carboxylic acids is 2. The van der Waals surface area contributed by atoms with E-state index < -0.39 is 44.7 Å². The Morgan fingerprint density at radius 3 is 2.34 bits per heavy atom. The predicted octanol–water partition coefficient (Wildman–Crippen LogP) is 0.607. The van der Waals surface area contributed by atoms with Crippen molar-refractivity contribution in [1.82, 2.24) is 15.4 Å². The van der Waals surface area contributed by atoms with Crippen LogP contribution >= 0.6 is 0 Å². The molecule has 1 heterocycles. The van der Waals surface area contributed by atoms with Gasteiger partial charge in [0.2, 0.25) is 26.0 Å². The van der Waals surface area contributed by atoms with Crippen molar-refractivity contribution in [3.63, 3.8) is 0 Å². The van der Waals surface area contributed by atoms with Crippen molar-refractivity contribution in [2.75, 3.05) is 48.7 Å². The number of sulfonamides is 2. The Kier molecular flexibility index (Phi) is 10.9. The first kappa shape index (κ1) is 32.1. The Balaban J connectivity index is 1.47. The molecule has 0 unspecified atom stereocenters.